The summed E-state index contributed by atoms with van der Waals surface area (Å²) in [7, 11) is 0. The summed E-state index contributed by atoms with van der Waals surface area (Å²) >= 11 is 0.481. The molecule has 8 heteroatoms. The van der Waals surface area contributed by atoms with Crippen LogP contribution >= 0.6 is 11.7 Å². The first kappa shape index (κ1) is 11.2. The van der Waals surface area contributed by atoms with Crippen LogP contribution in [0.1, 0.15) is 21.0 Å². The first-order valence-corrected chi connectivity index (χ1v) is 3.11. The summed E-state index contributed by atoms with van der Waals surface area (Å²) in [5.74, 6) is -3.34. The van der Waals surface area contributed by atoms with Gasteiger partial charge in [-0.15, -0.1) is 0 Å². The number of carbonyl (C=O) groups excluding carboxylic acids is 2. The Hall–Kier alpha value is -0.760. The van der Waals surface area contributed by atoms with Crippen LogP contribution in [0.25, 0.3) is 0 Å². The van der Waals surface area contributed by atoms with E-state index in [2.05, 4.69) is 8.75 Å². The fourth-order valence-corrected chi connectivity index (χ4v) is 0.983. The molecule has 0 amide bonds. The van der Waals surface area contributed by atoms with Crippen LogP contribution in [-0.2, 0) is 22.4 Å². The van der Waals surface area contributed by atoms with E-state index in [1.807, 2.05) is 0 Å². The number of carboxylic acid groups (broad SMARTS) is 2. The van der Waals surface area contributed by atoms with Crippen molar-refractivity contribution in [3.8, 4) is 0 Å². The number of carbonyl (C=O) groups is 2. The molecule has 1 heterocycles. The Bertz CT molecular complexity index is 283. The predicted molar refractivity (Wildman–Crippen MR) is 28.6 cm³/mol. The van der Waals surface area contributed by atoms with Gasteiger partial charge in [0.2, 0.25) is 0 Å². The third-order valence-electron chi connectivity index (χ3n) is 0.875. The van der Waals surface area contributed by atoms with E-state index < -0.39 is 23.3 Å². The summed E-state index contributed by atoms with van der Waals surface area (Å²) in [6, 6.07) is 0. The third-order valence-corrected chi connectivity index (χ3v) is 1.40. The number of hydrogen-bond acceptors (Lipinski definition) is 7. The van der Waals surface area contributed by atoms with Gasteiger partial charge in [-0.2, -0.15) is 8.75 Å². The van der Waals surface area contributed by atoms with E-state index in [9.17, 15) is 19.8 Å². The molecule has 0 unspecified atom stereocenters. The monoisotopic (exact) mass is 279 g/mol. The molecule has 0 N–H and O–H groups in total. The van der Waals surface area contributed by atoms with Crippen molar-refractivity contribution in [3.63, 3.8) is 0 Å². The largest absolute Gasteiger partial charge is 0.543 e. The summed E-state index contributed by atoms with van der Waals surface area (Å²) < 4.78 is 6.37. The molecule has 1 radical (unpaired) electrons. The van der Waals surface area contributed by atoms with Gasteiger partial charge in [0.25, 0.3) is 0 Å². The molecule has 69 valence electrons. The third kappa shape index (κ3) is 2.11. The van der Waals surface area contributed by atoms with Crippen molar-refractivity contribution in [2.45, 2.75) is 0 Å². The normalized spacial score (nSPS) is 8.67. The molecule has 1 rings (SSSR count). The van der Waals surface area contributed by atoms with Gasteiger partial charge in [-0.3, -0.25) is 0 Å². The van der Waals surface area contributed by atoms with E-state index in [0.717, 1.165) is 0 Å². The Morgan fingerprint density at radius 3 is 1.67 bits per heavy atom. The second-order valence-corrected chi connectivity index (χ2v) is 2.06. The van der Waals surface area contributed by atoms with Gasteiger partial charge in [0.15, 0.2) is 0 Å². The predicted octanol–water partition coefficient (Wildman–Crippen LogP) is -2.74. The van der Waals surface area contributed by atoms with Crippen LogP contribution in [0.15, 0.2) is 0 Å². The molecule has 6 nitrogen and oxygen atoms in total. The van der Waals surface area contributed by atoms with E-state index in [1.165, 1.54) is 0 Å². The van der Waals surface area contributed by atoms with E-state index in [1.54, 1.807) is 0 Å². The zero-order valence-corrected chi connectivity index (χ0v) is 7.54. The molecular formula is C4AgN2O4S-2. The Balaban J connectivity index is 0.00000121. The van der Waals surface area contributed by atoms with Crippen molar-refractivity contribution >= 4 is 23.7 Å². The van der Waals surface area contributed by atoms with Crippen LogP contribution in [0.4, 0.5) is 0 Å². The molecule has 0 aliphatic rings. The SMILES string of the molecule is O=C([O-])c1nsnc1C(=O)[O-].[Ag]. The maximum absolute atomic E-state index is 10.1. The van der Waals surface area contributed by atoms with Gasteiger partial charge in [-0.1, -0.05) is 0 Å². The van der Waals surface area contributed by atoms with E-state index >= 15 is 0 Å². The first-order chi connectivity index (χ1) is 5.13. The van der Waals surface area contributed by atoms with E-state index in [4.69, 9.17) is 0 Å². The molecule has 0 saturated carbocycles. The van der Waals surface area contributed by atoms with E-state index in [-0.39, 0.29) is 22.4 Å². The van der Waals surface area contributed by atoms with E-state index in [0.29, 0.717) is 11.7 Å². The van der Waals surface area contributed by atoms with Crippen LogP contribution < -0.4 is 10.2 Å². The molecule has 0 bridgehead atoms. The van der Waals surface area contributed by atoms with Crippen molar-refractivity contribution in [2.24, 2.45) is 0 Å². The molecule has 12 heavy (non-hydrogen) atoms. The van der Waals surface area contributed by atoms with Gasteiger partial charge in [0, 0.05) is 22.4 Å². The summed E-state index contributed by atoms with van der Waals surface area (Å²) in [5, 5.41) is 20.2. The summed E-state index contributed by atoms with van der Waals surface area (Å²) in [6.45, 7) is 0. The number of hydrogen-bond donors (Lipinski definition) is 0. The maximum atomic E-state index is 10.1. The zero-order valence-electron chi connectivity index (χ0n) is 5.24. The maximum Gasteiger partial charge on any atom is 0.129 e. The summed E-state index contributed by atoms with van der Waals surface area (Å²) in [6.07, 6.45) is 0. The van der Waals surface area contributed by atoms with Crippen LogP contribution in [0.3, 0.4) is 0 Å². The van der Waals surface area contributed by atoms with Gasteiger partial charge < -0.3 is 19.8 Å². The quantitative estimate of drug-likeness (QED) is 0.544. The average molecular weight is 280 g/mol. The second-order valence-electron chi connectivity index (χ2n) is 1.54. The Morgan fingerprint density at radius 2 is 1.42 bits per heavy atom. The van der Waals surface area contributed by atoms with Gasteiger partial charge in [-0.25, -0.2) is 0 Å². The fourth-order valence-electron chi connectivity index (χ4n) is 0.456. The van der Waals surface area contributed by atoms with Gasteiger partial charge in [0.1, 0.15) is 11.4 Å². The minimum Gasteiger partial charge on any atom is -0.543 e. The molecule has 1 aromatic rings. The van der Waals surface area contributed by atoms with Gasteiger partial charge >= 0.3 is 0 Å². The van der Waals surface area contributed by atoms with Gasteiger partial charge in [0.05, 0.1) is 23.7 Å². The van der Waals surface area contributed by atoms with Crippen molar-refractivity contribution in [1.29, 1.82) is 0 Å². The molecule has 0 atom stereocenters. The number of carboxylic acids is 2. The molecule has 0 aliphatic heterocycles. The first-order valence-electron chi connectivity index (χ1n) is 2.38. The number of nitrogens with zero attached hydrogens (tertiary/aromatic N) is 2. The number of aromatic carboxylic acids is 2. The van der Waals surface area contributed by atoms with Crippen LogP contribution in [0.2, 0.25) is 0 Å². The number of rotatable bonds is 2. The fraction of sp³-hybridized carbons (Fsp3) is 0. The summed E-state index contributed by atoms with van der Waals surface area (Å²) in [5.41, 5.74) is -1.37. The molecule has 0 aromatic carbocycles. The summed E-state index contributed by atoms with van der Waals surface area (Å²) in [4.78, 5) is 20.2. The van der Waals surface area contributed by atoms with Crippen LogP contribution in [-0.4, -0.2) is 20.7 Å². The minimum absolute atomic E-state index is 0. The Labute approximate surface area is 86.1 Å². The Morgan fingerprint density at radius 1 is 1.08 bits per heavy atom. The van der Waals surface area contributed by atoms with Crippen LogP contribution in [0.5, 0.6) is 0 Å². The standard InChI is InChI=1S/C4H2N2O4S.Ag/c7-3(8)1-2(4(9)10)6-11-5-1;/h(H,7,8)(H,9,10);/p-2. The average Bonchev–Trinajstić information content (AvgIpc) is 2.32. The molecule has 0 spiro atoms. The van der Waals surface area contributed by atoms with Crippen molar-refractivity contribution in [1.82, 2.24) is 8.75 Å². The second kappa shape index (κ2) is 4.31. The molecular weight excluding hydrogens is 280 g/mol. The molecule has 0 fully saturated rings. The van der Waals surface area contributed by atoms with Crippen molar-refractivity contribution < 1.29 is 42.2 Å². The van der Waals surface area contributed by atoms with Crippen LogP contribution in [0, 0.1) is 0 Å². The zero-order chi connectivity index (χ0) is 8.43. The minimum atomic E-state index is -1.67. The van der Waals surface area contributed by atoms with Crippen molar-refractivity contribution in [3.05, 3.63) is 11.4 Å². The molecule has 0 aliphatic carbocycles. The molecule has 0 saturated heterocycles. The number of aromatic nitrogens is 2. The van der Waals surface area contributed by atoms with Gasteiger partial charge in [-0.05, 0) is 0 Å². The smallest absolute Gasteiger partial charge is 0.129 e. The van der Waals surface area contributed by atoms with Crippen molar-refractivity contribution in [2.75, 3.05) is 0 Å². The molecule has 1 aromatic heterocycles. The topological polar surface area (TPSA) is 106 Å². The Kier molecular flexibility index (Phi) is 4.04.